The lowest BCUT2D eigenvalue weighted by Gasteiger charge is -2.29. The maximum absolute atomic E-state index is 12.2. The Kier molecular flexibility index (Phi) is 4.27. The van der Waals surface area contributed by atoms with Gasteiger partial charge in [0, 0.05) is 23.8 Å². The normalized spacial score (nSPS) is 15.7. The van der Waals surface area contributed by atoms with Crippen molar-refractivity contribution in [2.45, 2.75) is 39.7 Å². The summed E-state index contributed by atoms with van der Waals surface area (Å²) in [6.07, 6.45) is 2.35. The zero-order valence-electron chi connectivity index (χ0n) is 12.9. The van der Waals surface area contributed by atoms with E-state index in [9.17, 15) is 9.90 Å². The summed E-state index contributed by atoms with van der Waals surface area (Å²) in [7, 11) is 0. The van der Waals surface area contributed by atoms with Crippen molar-refractivity contribution in [3.63, 3.8) is 0 Å². The van der Waals surface area contributed by atoms with Crippen LogP contribution < -0.4 is 5.32 Å². The van der Waals surface area contributed by atoms with E-state index >= 15 is 0 Å². The van der Waals surface area contributed by atoms with Crippen molar-refractivity contribution in [2.75, 3.05) is 6.54 Å². The van der Waals surface area contributed by atoms with Crippen LogP contribution in [-0.2, 0) is 0 Å². The molecule has 0 aliphatic carbocycles. The van der Waals surface area contributed by atoms with E-state index in [2.05, 4.69) is 20.5 Å². The van der Waals surface area contributed by atoms with Crippen LogP contribution in [0.4, 0.5) is 0 Å². The van der Waals surface area contributed by atoms with Gasteiger partial charge in [-0.15, -0.1) is 0 Å². The Labute approximate surface area is 124 Å². The molecule has 0 radical (unpaired) electrons. The van der Waals surface area contributed by atoms with Crippen LogP contribution in [0.3, 0.4) is 0 Å². The van der Waals surface area contributed by atoms with Crippen molar-refractivity contribution in [1.82, 2.24) is 20.5 Å². The third-order valence-corrected chi connectivity index (χ3v) is 4.14. The smallest absolute Gasteiger partial charge is 0.252 e. The lowest BCUT2D eigenvalue weighted by molar-refractivity contribution is 0.00592. The minimum absolute atomic E-state index is 0.106. The summed E-state index contributed by atoms with van der Waals surface area (Å²) in [5.41, 5.74) is 1.01. The van der Waals surface area contributed by atoms with Crippen LogP contribution in [0.15, 0.2) is 12.3 Å². The summed E-state index contributed by atoms with van der Waals surface area (Å²) < 4.78 is 0. The van der Waals surface area contributed by atoms with Crippen LogP contribution in [0.1, 0.15) is 43.2 Å². The topological polar surface area (TPSA) is 90.9 Å². The molecule has 0 spiro atoms. The van der Waals surface area contributed by atoms with Crippen LogP contribution in [-0.4, -0.2) is 38.3 Å². The van der Waals surface area contributed by atoms with E-state index in [1.165, 1.54) is 6.20 Å². The Morgan fingerprint density at radius 1 is 1.57 bits per heavy atom. The molecule has 0 bridgehead atoms. The van der Waals surface area contributed by atoms with E-state index in [4.69, 9.17) is 0 Å². The maximum Gasteiger partial charge on any atom is 0.252 e. The number of pyridine rings is 1. The van der Waals surface area contributed by atoms with Gasteiger partial charge in [-0.1, -0.05) is 20.3 Å². The van der Waals surface area contributed by atoms with E-state index in [1.54, 1.807) is 13.0 Å². The van der Waals surface area contributed by atoms with Gasteiger partial charge in [-0.2, -0.15) is 5.10 Å². The predicted octanol–water partition coefficient (Wildman–Crippen LogP) is 1.79. The highest BCUT2D eigenvalue weighted by molar-refractivity contribution is 5.97. The van der Waals surface area contributed by atoms with E-state index in [1.807, 2.05) is 20.8 Å². The molecule has 0 aliphatic rings. The van der Waals surface area contributed by atoms with Gasteiger partial charge in [-0.05, 0) is 25.8 Å². The third kappa shape index (κ3) is 3.21. The average molecular weight is 290 g/mol. The fourth-order valence-corrected chi connectivity index (χ4v) is 2.12. The van der Waals surface area contributed by atoms with Crippen LogP contribution in [0.2, 0.25) is 0 Å². The molecule has 2 rings (SSSR count). The number of amides is 1. The third-order valence-electron chi connectivity index (χ3n) is 4.14. The van der Waals surface area contributed by atoms with E-state index in [-0.39, 0.29) is 18.4 Å². The molecule has 0 saturated carbocycles. The minimum Gasteiger partial charge on any atom is -0.388 e. The van der Waals surface area contributed by atoms with Gasteiger partial charge in [0.1, 0.15) is 0 Å². The number of hydrogen-bond acceptors (Lipinski definition) is 4. The Hall–Kier alpha value is -1.95. The van der Waals surface area contributed by atoms with Gasteiger partial charge in [-0.25, -0.2) is 4.98 Å². The number of H-pyrrole nitrogens is 1. The fourth-order valence-electron chi connectivity index (χ4n) is 2.12. The molecular formula is C15H22N4O2. The molecule has 2 aromatic rings. The van der Waals surface area contributed by atoms with Gasteiger partial charge in [0.25, 0.3) is 5.91 Å². The SMILES string of the molecule is CCC(C)C(C)(O)CNC(=O)c1cnc2n[nH]c(C)c2c1. The Morgan fingerprint density at radius 2 is 2.29 bits per heavy atom. The van der Waals surface area contributed by atoms with Gasteiger partial charge in [0.05, 0.1) is 11.2 Å². The van der Waals surface area contributed by atoms with Crippen LogP contribution in [0, 0.1) is 12.8 Å². The van der Waals surface area contributed by atoms with Crippen LogP contribution >= 0.6 is 0 Å². The number of carbonyl (C=O) groups excluding carboxylic acids is 1. The van der Waals surface area contributed by atoms with Crippen molar-refractivity contribution in [2.24, 2.45) is 5.92 Å². The fraction of sp³-hybridized carbons (Fsp3) is 0.533. The zero-order chi connectivity index (χ0) is 15.6. The Balaban J connectivity index is 2.10. The summed E-state index contributed by atoms with van der Waals surface area (Å²) in [4.78, 5) is 16.3. The largest absolute Gasteiger partial charge is 0.388 e. The highest BCUT2D eigenvalue weighted by Gasteiger charge is 2.27. The minimum atomic E-state index is -0.923. The second-order valence-electron chi connectivity index (χ2n) is 5.79. The summed E-state index contributed by atoms with van der Waals surface area (Å²) in [5, 5.41) is 20.8. The van der Waals surface area contributed by atoms with Crippen molar-refractivity contribution >= 4 is 16.9 Å². The van der Waals surface area contributed by atoms with E-state index in [0.717, 1.165) is 17.5 Å². The van der Waals surface area contributed by atoms with Gasteiger partial charge in [-0.3, -0.25) is 9.89 Å². The number of carbonyl (C=O) groups is 1. The molecule has 0 fully saturated rings. The number of nitrogens with one attached hydrogen (secondary N) is 2. The summed E-state index contributed by atoms with van der Waals surface area (Å²) in [6, 6.07) is 1.76. The first-order valence-electron chi connectivity index (χ1n) is 7.16. The van der Waals surface area contributed by atoms with Crippen LogP contribution in [0.5, 0.6) is 0 Å². The number of rotatable bonds is 5. The zero-order valence-corrected chi connectivity index (χ0v) is 12.9. The molecule has 0 aromatic carbocycles. The molecule has 3 N–H and O–H groups in total. The first-order chi connectivity index (χ1) is 9.85. The first kappa shape index (κ1) is 15.4. The molecule has 2 heterocycles. The maximum atomic E-state index is 12.2. The monoisotopic (exact) mass is 290 g/mol. The van der Waals surface area contributed by atoms with Gasteiger partial charge >= 0.3 is 0 Å². The van der Waals surface area contributed by atoms with Crippen molar-refractivity contribution in [3.8, 4) is 0 Å². The quantitative estimate of drug-likeness (QED) is 0.783. The average Bonchev–Trinajstić information content (AvgIpc) is 2.85. The van der Waals surface area contributed by atoms with E-state index < -0.39 is 5.60 Å². The van der Waals surface area contributed by atoms with Crippen molar-refractivity contribution in [1.29, 1.82) is 0 Å². The Morgan fingerprint density at radius 3 is 2.95 bits per heavy atom. The van der Waals surface area contributed by atoms with Crippen molar-refractivity contribution in [3.05, 3.63) is 23.5 Å². The van der Waals surface area contributed by atoms with Gasteiger partial charge in [0.15, 0.2) is 5.65 Å². The second-order valence-corrected chi connectivity index (χ2v) is 5.79. The van der Waals surface area contributed by atoms with Crippen LogP contribution in [0.25, 0.3) is 11.0 Å². The summed E-state index contributed by atoms with van der Waals surface area (Å²) in [5.74, 6) is -0.136. The second kappa shape index (κ2) is 5.81. The number of nitrogens with zero attached hydrogens (tertiary/aromatic N) is 2. The molecule has 0 aliphatic heterocycles. The lowest BCUT2D eigenvalue weighted by atomic mass is 9.88. The number of fused-ring (bicyclic) bond motifs is 1. The van der Waals surface area contributed by atoms with Crippen molar-refractivity contribution < 1.29 is 9.90 Å². The molecule has 0 saturated heterocycles. The molecule has 1 amide bonds. The highest BCUT2D eigenvalue weighted by atomic mass is 16.3. The van der Waals surface area contributed by atoms with E-state index in [0.29, 0.717) is 11.2 Å². The molecule has 2 aromatic heterocycles. The lowest BCUT2D eigenvalue weighted by Crippen LogP contribution is -2.45. The molecule has 21 heavy (non-hydrogen) atoms. The molecule has 6 nitrogen and oxygen atoms in total. The molecule has 2 unspecified atom stereocenters. The molecule has 2 atom stereocenters. The predicted molar refractivity (Wildman–Crippen MR) is 81.0 cm³/mol. The number of aryl methyl sites for hydroxylation is 1. The molecular weight excluding hydrogens is 268 g/mol. The number of aromatic nitrogens is 3. The summed E-state index contributed by atoms with van der Waals surface area (Å²) >= 11 is 0. The standard InChI is InChI=1S/C15H22N4O2/c1-5-9(2)15(4,21)8-17-14(20)11-6-12-10(3)18-19-13(12)16-7-11/h6-7,9,21H,5,8H2,1-4H3,(H,17,20)(H,16,18,19). The number of aliphatic hydroxyl groups is 1. The summed E-state index contributed by atoms with van der Waals surface area (Å²) in [6.45, 7) is 7.81. The molecule has 114 valence electrons. The first-order valence-corrected chi connectivity index (χ1v) is 7.16. The van der Waals surface area contributed by atoms with Gasteiger partial charge < -0.3 is 10.4 Å². The molecule has 6 heteroatoms. The highest BCUT2D eigenvalue weighted by Crippen LogP contribution is 2.19. The number of aromatic amines is 1. The van der Waals surface area contributed by atoms with Gasteiger partial charge in [0.2, 0.25) is 0 Å². The number of hydrogen-bond donors (Lipinski definition) is 3. The Bertz CT molecular complexity index is 648.